The topological polar surface area (TPSA) is 39.7 Å². The molecule has 126 valence electrons. The maximum Gasteiger partial charge on any atom is 0.124 e. The minimum Gasteiger partial charge on any atom is -0.487 e. The average Bonchev–Trinajstić information content (AvgIpc) is 3.06. The average molecular weight is 317 g/mol. The zero-order valence-corrected chi connectivity index (χ0v) is 13.8. The van der Waals surface area contributed by atoms with E-state index in [4.69, 9.17) is 14.2 Å². The van der Waals surface area contributed by atoms with Crippen LogP contribution < -0.4 is 10.1 Å². The second kappa shape index (κ2) is 6.80. The molecule has 4 nitrogen and oxygen atoms in total. The van der Waals surface area contributed by atoms with Gasteiger partial charge in [-0.2, -0.15) is 0 Å². The summed E-state index contributed by atoms with van der Waals surface area (Å²) in [6.45, 7) is 3.25. The molecule has 2 fully saturated rings. The molecule has 1 N–H and O–H groups in total. The van der Waals surface area contributed by atoms with Crippen molar-refractivity contribution in [2.24, 2.45) is 0 Å². The molecule has 2 heterocycles. The Hall–Kier alpha value is -1.10. The molecule has 0 amide bonds. The van der Waals surface area contributed by atoms with Crippen molar-refractivity contribution in [2.75, 3.05) is 26.4 Å². The Morgan fingerprint density at radius 1 is 1.22 bits per heavy atom. The lowest BCUT2D eigenvalue weighted by Crippen LogP contribution is -2.49. The van der Waals surface area contributed by atoms with Crippen LogP contribution in [0.1, 0.15) is 50.1 Å². The Kier molecular flexibility index (Phi) is 4.56. The predicted molar refractivity (Wildman–Crippen MR) is 88.8 cm³/mol. The van der Waals surface area contributed by atoms with Gasteiger partial charge in [0.1, 0.15) is 11.4 Å². The van der Waals surface area contributed by atoms with Crippen molar-refractivity contribution in [3.05, 3.63) is 29.8 Å². The van der Waals surface area contributed by atoms with Crippen molar-refractivity contribution >= 4 is 0 Å². The number of hydrogen-bond donors (Lipinski definition) is 1. The lowest BCUT2D eigenvalue weighted by Gasteiger charge is -2.48. The van der Waals surface area contributed by atoms with E-state index in [9.17, 15) is 0 Å². The van der Waals surface area contributed by atoms with Crippen molar-refractivity contribution in [1.29, 1.82) is 0 Å². The Morgan fingerprint density at radius 3 is 2.91 bits per heavy atom. The molecule has 2 aliphatic heterocycles. The molecule has 4 heteroatoms. The van der Waals surface area contributed by atoms with E-state index in [1.807, 2.05) is 0 Å². The largest absolute Gasteiger partial charge is 0.487 e. The van der Waals surface area contributed by atoms with Gasteiger partial charge in [0.2, 0.25) is 0 Å². The molecule has 1 aromatic carbocycles. The minimum absolute atomic E-state index is 0.0879. The van der Waals surface area contributed by atoms with Crippen molar-refractivity contribution in [3.63, 3.8) is 0 Å². The summed E-state index contributed by atoms with van der Waals surface area (Å²) in [4.78, 5) is 0. The van der Waals surface area contributed by atoms with Gasteiger partial charge < -0.3 is 19.5 Å². The van der Waals surface area contributed by atoms with Crippen LogP contribution in [0.4, 0.5) is 0 Å². The van der Waals surface area contributed by atoms with Crippen molar-refractivity contribution in [1.82, 2.24) is 5.32 Å². The molecule has 0 unspecified atom stereocenters. The third-order valence-electron chi connectivity index (χ3n) is 5.43. The van der Waals surface area contributed by atoms with E-state index in [0.29, 0.717) is 12.1 Å². The fourth-order valence-electron chi connectivity index (χ4n) is 3.97. The van der Waals surface area contributed by atoms with Gasteiger partial charge in [0.05, 0.1) is 19.3 Å². The fourth-order valence-corrected chi connectivity index (χ4v) is 3.97. The van der Waals surface area contributed by atoms with Gasteiger partial charge in [-0.25, -0.2) is 0 Å². The standard InChI is InChI=1S/C19H27NO3/c1-2-7-18-16(6-1)17(13-19(23-18)8-4-9-19)20-10-12-21-14-15-5-3-11-22-15/h1-2,6-7,15,17,20H,3-5,8-14H2/t15-,17-/m0/s1. The highest BCUT2D eigenvalue weighted by molar-refractivity contribution is 5.39. The third kappa shape index (κ3) is 3.39. The highest BCUT2D eigenvalue weighted by Crippen LogP contribution is 2.48. The Bertz CT molecular complexity index is 523. The summed E-state index contributed by atoms with van der Waals surface area (Å²) in [6, 6.07) is 8.84. The molecule has 0 aromatic heterocycles. The van der Waals surface area contributed by atoms with Crippen molar-refractivity contribution in [3.8, 4) is 5.75 Å². The first-order chi connectivity index (χ1) is 11.3. The second-order valence-corrected chi connectivity index (χ2v) is 7.10. The number of hydrogen-bond acceptors (Lipinski definition) is 4. The number of para-hydroxylation sites is 1. The molecule has 3 aliphatic rings. The van der Waals surface area contributed by atoms with Gasteiger partial charge in [0, 0.05) is 31.2 Å². The van der Waals surface area contributed by atoms with Crippen LogP contribution in [0.25, 0.3) is 0 Å². The molecule has 2 atom stereocenters. The van der Waals surface area contributed by atoms with Crippen LogP contribution in [0.15, 0.2) is 24.3 Å². The summed E-state index contributed by atoms with van der Waals surface area (Å²) >= 11 is 0. The molecule has 23 heavy (non-hydrogen) atoms. The highest BCUT2D eigenvalue weighted by atomic mass is 16.5. The van der Waals surface area contributed by atoms with Crippen LogP contribution in [0.3, 0.4) is 0 Å². The van der Waals surface area contributed by atoms with Gasteiger partial charge in [-0.1, -0.05) is 18.2 Å². The molecule has 0 radical (unpaired) electrons. The summed E-state index contributed by atoms with van der Waals surface area (Å²) in [5, 5.41) is 3.68. The smallest absolute Gasteiger partial charge is 0.124 e. The predicted octanol–water partition coefficient (Wildman–Crippen LogP) is 3.22. The quantitative estimate of drug-likeness (QED) is 0.818. The van der Waals surface area contributed by atoms with E-state index in [2.05, 4.69) is 29.6 Å². The number of benzene rings is 1. The zero-order valence-electron chi connectivity index (χ0n) is 13.8. The van der Waals surface area contributed by atoms with Crippen LogP contribution in [0.2, 0.25) is 0 Å². The molecule has 1 saturated heterocycles. The Morgan fingerprint density at radius 2 is 2.13 bits per heavy atom. The maximum atomic E-state index is 6.29. The summed E-state index contributed by atoms with van der Waals surface area (Å²) in [6.07, 6.45) is 7.38. The summed E-state index contributed by atoms with van der Waals surface area (Å²) in [7, 11) is 0. The SMILES string of the molecule is c1ccc2c(c1)OC1(CCC1)C[C@@H]2NCCOC[C@@H]1CCCO1. The molecule has 1 aliphatic carbocycles. The molecule has 1 aromatic rings. The first-order valence-corrected chi connectivity index (χ1v) is 9.05. The number of ether oxygens (including phenoxy) is 3. The lowest BCUT2D eigenvalue weighted by molar-refractivity contribution is -0.0380. The van der Waals surface area contributed by atoms with Crippen LogP contribution in [-0.4, -0.2) is 38.1 Å². The third-order valence-corrected chi connectivity index (χ3v) is 5.43. The number of fused-ring (bicyclic) bond motifs is 1. The van der Waals surface area contributed by atoms with Gasteiger partial charge in [-0.3, -0.25) is 0 Å². The summed E-state index contributed by atoms with van der Waals surface area (Å²) in [5.41, 5.74) is 1.38. The second-order valence-electron chi connectivity index (χ2n) is 7.10. The van der Waals surface area contributed by atoms with Crippen LogP contribution in [0.5, 0.6) is 5.75 Å². The molecule has 0 bridgehead atoms. The summed E-state index contributed by atoms with van der Waals surface area (Å²) < 4.78 is 17.6. The van der Waals surface area contributed by atoms with E-state index in [1.54, 1.807) is 0 Å². The van der Waals surface area contributed by atoms with E-state index >= 15 is 0 Å². The fraction of sp³-hybridized carbons (Fsp3) is 0.684. The minimum atomic E-state index is 0.0879. The number of nitrogens with one attached hydrogen (secondary N) is 1. The van der Waals surface area contributed by atoms with E-state index < -0.39 is 0 Å². The number of rotatable bonds is 6. The van der Waals surface area contributed by atoms with E-state index in [-0.39, 0.29) is 5.60 Å². The molecular formula is C19H27NO3. The highest BCUT2D eigenvalue weighted by Gasteiger charge is 2.45. The first kappa shape index (κ1) is 15.4. The van der Waals surface area contributed by atoms with E-state index in [1.165, 1.54) is 31.2 Å². The van der Waals surface area contributed by atoms with Crippen molar-refractivity contribution < 1.29 is 14.2 Å². The van der Waals surface area contributed by atoms with Gasteiger partial charge in [0.25, 0.3) is 0 Å². The van der Waals surface area contributed by atoms with Gasteiger partial charge in [-0.15, -0.1) is 0 Å². The summed E-state index contributed by atoms with van der Waals surface area (Å²) in [5.74, 6) is 1.07. The van der Waals surface area contributed by atoms with Crippen LogP contribution in [-0.2, 0) is 9.47 Å². The molecule has 4 rings (SSSR count). The molecule has 1 spiro atoms. The van der Waals surface area contributed by atoms with E-state index in [0.717, 1.165) is 45.0 Å². The van der Waals surface area contributed by atoms with Crippen LogP contribution in [0, 0.1) is 0 Å². The van der Waals surface area contributed by atoms with Gasteiger partial charge >= 0.3 is 0 Å². The van der Waals surface area contributed by atoms with Crippen molar-refractivity contribution in [2.45, 2.75) is 56.3 Å². The van der Waals surface area contributed by atoms with Gasteiger partial charge in [0.15, 0.2) is 0 Å². The Balaban J connectivity index is 1.29. The lowest BCUT2D eigenvalue weighted by atomic mass is 9.73. The normalized spacial score (nSPS) is 28.2. The maximum absolute atomic E-state index is 6.29. The monoisotopic (exact) mass is 317 g/mol. The van der Waals surface area contributed by atoms with Crippen LogP contribution >= 0.6 is 0 Å². The zero-order chi connectivity index (χ0) is 15.5. The molecular weight excluding hydrogens is 290 g/mol. The molecule has 1 saturated carbocycles. The first-order valence-electron chi connectivity index (χ1n) is 9.05. The van der Waals surface area contributed by atoms with Gasteiger partial charge in [-0.05, 0) is 38.2 Å². The Labute approximate surface area is 138 Å².